The zero-order chi connectivity index (χ0) is 22.9. The maximum Gasteiger partial charge on any atom is 0.251 e. The fourth-order valence-electron chi connectivity index (χ4n) is 4.21. The second-order valence-electron chi connectivity index (χ2n) is 8.99. The van der Waals surface area contributed by atoms with E-state index in [2.05, 4.69) is 5.32 Å². The summed E-state index contributed by atoms with van der Waals surface area (Å²) in [6.45, 7) is 3.68. The first-order chi connectivity index (χ1) is 15.2. The van der Waals surface area contributed by atoms with Crippen molar-refractivity contribution in [2.45, 2.75) is 88.2 Å². The highest BCUT2D eigenvalue weighted by molar-refractivity contribution is 5.94. The number of aliphatic hydroxyl groups is 2. The number of ether oxygens (including phenoxy) is 3. The standard InChI is InChI=1S/C16H20FNO6.C6H10O2/c1-16(2)22-7-10(24-16)13-11(12(19)15(21)23-13)18-14(20)8-3-5-9(17)6-4-8;1-2-4-6(5-3-1)7-8-6/h3-6,10-13,15,19,21H,7H2,1-2H3,(H,18,20);1-5H2/t10-,11+,12-,13-,15+;/m1./s1. The third kappa shape index (κ3) is 5.45. The molecule has 0 bridgehead atoms. The molecule has 3 heterocycles. The highest BCUT2D eigenvalue weighted by Crippen LogP contribution is 2.43. The van der Waals surface area contributed by atoms with E-state index >= 15 is 0 Å². The van der Waals surface area contributed by atoms with Gasteiger partial charge in [-0.25, -0.2) is 4.39 Å². The molecule has 3 N–H and O–H groups in total. The summed E-state index contributed by atoms with van der Waals surface area (Å²) in [5, 5.41) is 22.5. The van der Waals surface area contributed by atoms with E-state index in [1.54, 1.807) is 13.8 Å². The van der Waals surface area contributed by atoms with Gasteiger partial charge in [0.05, 0.1) is 12.6 Å². The molecule has 178 valence electrons. The molecule has 0 unspecified atom stereocenters. The van der Waals surface area contributed by atoms with Gasteiger partial charge >= 0.3 is 0 Å². The first-order valence-electron chi connectivity index (χ1n) is 10.9. The summed E-state index contributed by atoms with van der Waals surface area (Å²) in [5.74, 6) is -1.85. The summed E-state index contributed by atoms with van der Waals surface area (Å²) in [6.07, 6.45) is 2.06. The third-order valence-corrected chi connectivity index (χ3v) is 6.05. The predicted molar refractivity (Wildman–Crippen MR) is 107 cm³/mol. The number of nitrogens with one attached hydrogen (secondary N) is 1. The molecular formula is C22H30FNO8. The average Bonchev–Trinajstić information content (AvgIpc) is 3.32. The van der Waals surface area contributed by atoms with Crippen LogP contribution >= 0.6 is 0 Å². The molecule has 10 heteroatoms. The summed E-state index contributed by atoms with van der Waals surface area (Å²) in [4.78, 5) is 22.0. The second-order valence-corrected chi connectivity index (χ2v) is 8.99. The van der Waals surface area contributed by atoms with E-state index in [1.165, 1.54) is 43.5 Å². The molecule has 3 saturated heterocycles. The molecule has 1 aromatic carbocycles. The molecule has 3 aliphatic heterocycles. The normalized spacial score (nSPS) is 34.6. The highest BCUT2D eigenvalue weighted by atomic mass is 19.1. The van der Waals surface area contributed by atoms with Gasteiger partial charge < -0.3 is 29.7 Å². The van der Waals surface area contributed by atoms with Crippen molar-refractivity contribution >= 4 is 5.91 Å². The van der Waals surface area contributed by atoms with E-state index in [0.717, 1.165) is 12.8 Å². The molecule has 5 rings (SSSR count). The average molecular weight is 455 g/mol. The number of hydrogen-bond donors (Lipinski definition) is 3. The summed E-state index contributed by atoms with van der Waals surface area (Å²) < 4.78 is 29.5. The Kier molecular flexibility index (Phi) is 6.83. The summed E-state index contributed by atoms with van der Waals surface area (Å²) >= 11 is 0. The van der Waals surface area contributed by atoms with Crippen molar-refractivity contribution in [3.8, 4) is 0 Å². The van der Waals surface area contributed by atoms with E-state index in [1.807, 2.05) is 0 Å². The lowest BCUT2D eigenvalue weighted by atomic mass is 9.96. The van der Waals surface area contributed by atoms with Crippen LogP contribution in [0.15, 0.2) is 24.3 Å². The Hall–Kier alpha value is -1.66. The van der Waals surface area contributed by atoms with Crippen molar-refractivity contribution in [3.05, 3.63) is 35.6 Å². The fraction of sp³-hybridized carbons (Fsp3) is 0.682. The molecule has 1 aromatic rings. The van der Waals surface area contributed by atoms with E-state index in [-0.39, 0.29) is 18.0 Å². The number of benzene rings is 1. The van der Waals surface area contributed by atoms with Gasteiger partial charge in [0.25, 0.3) is 5.91 Å². The van der Waals surface area contributed by atoms with Crippen LogP contribution in [0.3, 0.4) is 0 Å². The molecule has 0 aromatic heterocycles. The quantitative estimate of drug-likeness (QED) is 0.466. The molecule has 1 amide bonds. The van der Waals surface area contributed by atoms with Gasteiger partial charge in [-0.15, -0.1) is 0 Å². The Morgan fingerprint density at radius 1 is 1.09 bits per heavy atom. The smallest absolute Gasteiger partial charge is 0.251 e. The molecule has 1 saturated carbocycles. The number of halogens is 1. The van der Waals surface area contributed by atoms with Crippen LogP contribution in [0.2, 0.25) is 0 Å². The molecule has 9 nitrogen and oxygen atoms in total. The fourth-order valence-corrected chi connectivity index (χ4v) is 4.21. The van der Waals surface area contributed by atoms with Crippen LogP contribution in [0.25, 0.3) is 0 Å². The van der Waals surface area contributed by atoms with Gasteiger partial charge in [-0.1, -0.05) is 6.42 Å². The number of aliphatic hydroxyl groups excluding tert-OH is 2. The Morgan fingerprint density at radius 3 is 2.28 bits per heavy atom. The van der Waals surface area contributed by atoms with Crippen molar-refractivity contribution in [2.24, 2.45) is 0 Å². The Morgan fingerprint density at radius 2 is 1.75 bits per heavy atom. The van der Waals surface area contributed by atoms with Crippen LogP contribution in [0.1, 0.15) is 56.3 Å². The molecule has 1 spiro atoms. The first-order valence-corrected chi connectivity index (χ1v) is 10.9. The van der Waals surface area contributed by atoms with Crippen molar-refractivity contribution in [1.82, 2.24) is 5.32 Å². The molecule has 4 fully saturated rings. The van der Waals surface area contributed by atoms with E-state index < -0.39 is 48.2 Å². The first kappa shape index (κ1) is 23.5. The van der Waals surface area contributed by atoms with Crippen molar-refractivity contribution < 1.29 is 43.4 Å². The molecule has 4 aliphatic rings. The molecule has 32 heavy (non-hydrogen) atoms. The van der Waals surface area contributed by atoms with Crippen LogP contribution in [0.5, 0.6) is 0 Å². The van der Waals surface area contributed by atoms with Gasteiger partial charge in [0.1, 0.15) is 24.1 Å². The Balaban J connectivity index is 0.000000254. The number of hydrogen-bond acceptors (Lipinski definition) is 8. The minimum absolute atomic E-state index is 0.0712. The lowest BCUT2D eigenvalue weighted by Gasteiger charge is -2.26. The van der Waals surface area contributed by atoms with Crippen LogP contribution in [0, 0.1) is 5.82 Å². The van der Waals surface area contributed by atoms with Crippen LogP contribution < -0.4 is 5.32 Å². The predicted octanol–water partition coefficient (Wildman–Crippen LogP) is 1.76. The zero-order valence-corrected chi connectivity index (χ0v) is 18.2. The van der Waals surface area contributed by atoms with Crippen LogP contribution in [-0.2, 0) is 24.0 Å². The summed E-state index contributed by atoms with van der Waals surface area (Å²) in [5.41, 5.74) is 0.229. The summed E-state index contributed by atoms with van der Waals surface area (Å²) in [6, 6.07) is 4.10. The Bertz CT molecular complexity index is 792. The van der Waals surface area contributed by atoms with Crippen LogP contribution in [0.4, 0.5) is 4.39 Å². The largest absolute Gasteiger partial charge is 0.386 e. The van der Waals surface area contributed by atoms with E-state index in [0.29, 0.717) is 0 Å². The lowest BCUT2D eigenvalue weighted by Crippen LogP contribution is -2.51. The van der Waals surface area contributed by atoms with E-state index in [9.17, 15) is 19.4 Å². The van der Waals surface area contributed by atoms with Gasteiger partial charge in [0, 0.05) is 18.4 Å². The second kappa shape index (κ2) is 9.30. The minimum atomic E-state index is -1.44. The zero-order valence-electron chi connectivity index (χ0n) is 18.2. The lowest BCUT2D eigenvalue weighted by molar-refractivity contribution is -0.175. The number of carbonyl (C=O) groups excluding carboxylic acids is 1. The molecule has 0 radical (unpaired) electrons. The minimum Gasteiger partial charge on any atom is -0.386 e. The molecule has 5 atom stereocenters. The van der Waals surface area contributed by atoms with E-state index in [4.69, 9.17) is 24.0 Å². The monoisotopic (exact) mass is 455 g/mol. The van der Waals surface area contributed by atoms with Gasteiger partial charge in [0.2, 0.25) is 5.79 Å². The van der Waals surface area contributed by atoms with Crippen molar-refractivity contribution in [2.75, 3.05) is 6.61 Å². The SMILES string of the molecule is C1CCC2(CC1)OO2.CC1(C)OC[C@H]([C@H]2O[C@H](O)[C@H](O)[C@@H]2NC(=O)c2ccc(F)cc2)O1. The van der Waals surface area contributed by atoms with Crippen molar-refractivity contribution in [1.29, 1.82) is 0 Å². The number of amides is 1. The molecule has 1 aliphatic carbocycles. The van der Waals surface area contributed by atoms with Gasteiger partial charge in [-0.05, 0) is 51.0 Å². The number of carbonyl (C=O) groups is 1. The van der Waals surface area contributed by atoms with Gasteiger partial charge in [-0.3, -0.25) is 4.79 Å². The highest BCUT2D eigenvalue weighted by Gasteiger charge is 2.51. The van der Waals surface area contributed by atoms with Crippen LogP contribution in [-0.4, -0.2) is 64.9 Å². The maximum atomic E-state index is 13.0. The van der Waals surface area contributed by atoms with Gasteiger partial charge in [0.15, 0.2) is 12.1 Å². The van der Waals surface area contributed by atoms with Gasteiger partial charge in [-0.2, -0.15) is 9.78 Å². The Labute approximate surface area is 185 Å². The summed E-state index contributed by atoms with van der Waals surface area (Å²) in [7, 11) is 0. The maximum absolute atomic E-state index is 13.0. The third-order valence-electron chi connectivity index (χ3n) is 6.05. The van der Waals surface area contributed by atoms with Crippen molar-refractivity contribution in [3.63, 3.8) is 0 Å². The molecular weight excluding hydrogens is 425 g/mol. The number of rotatable bonds is 3. The topological polar surface area (TPSA) is 122 Å².